The van der Waals surface area contributed by atoms with Gasteiger partial charge in [0.25, 0.3) is 0 Å². The highest BCUT2D eigenvalue weighted by Gasteiger charge is 2.34. The van der Waals surface area contributed by atoms with Gasteiger partial charge in [0.15, 0.2) is 5.78 Å². The molecule has 1 fully saturated rings. The van der Waals surface area contributed by atoms with Crippen molar-refractivity contribution in [2.24, 2.45) is 5.92 Å². The van der Waals surface area contributed by atoms with Crippen molar-refractivity contribution in [3.63, 3.8) is 0 Å². The molecular weight excluding hydrogens is 422 g/mol. The van der Waals surface area contributed by atoms with E-state index in [1.165, 1.54) is 0 Å². The second-order valence-electron chi connectivity index (χ2n) is 8.94. The first-order valence-electron chi connectivity index (χ1n) is 11.9. The lowest BCUT2D eigenvalue weighted by molar-refractivity contribution is -0.126. The van der Waals surface area contributed by atoms with Crippen LogP contribution in [0.25, 0.3) is 10.9 Å². The van der Waals surface area contributed by atoms with Crippen molar-refractivity contribution >= 4 is 22.6 Å². The molecule has 1 atom stereocenters. The number of H-pyrrole nitrogens is 1. The third-order valence-electron chi connectivity index (χ3n) is 6.79. The molecule has 0 spiro atoms. The van der Waals surface area contributed by atoms with Crippen LogP contribution in [0.1, 0.15) is 40.4 Å². The third kappa shape index (κ3) is 4.66. The van der Waals surface area contributed by atoms with Gasteiger partial charge in [-0.15, -0.1) is 0 Å². The van der Waals surface area contributed by atoms with Crippen molar-refractivity contribution in [1.29, 1.82) is 0 Å². The summed E-state index contributed by atoms with van der Waals surface area (Å²) in [6.07, 6.45) is 3.31. The second-order valence-corrected chi connectivity index (χ2v) is 8.94. The number of rotatable bonds is 7. The molecule has 0 radical (unpaired) electrons. The number of hydrogen-bond donors (Lipinski definition) is 2. The number of piperidine rings is 1. The number of likely N-dealkylation sites (tertiary alicyclic amines) is 1. The average molecular weight is 452 g/mol. The van der Waals surface area contributed by atoms with Crippen LogP contribution in [0.5, 0.6) is 0 Å². The van der Waals surface area contributed by atoms with Gasteiger partial charge in [-0.05, 0) is 43.1 Å². The molecule has 172 valence electrons. The smallest absolute Gasteiger partial charge is 0.223 e. The van der Waals surface area contributed by atoms with E-state index in [0.717, 1.165) is 34.9 Å². The number of hydrogen-bond acceptors (Lipinski definition) is 3. The predicted molar refractivity (Wildman–Crippen MR) is 134 cm³/mol. The van der Waals surface area contributed by atoms with Gasteiger partial charge in [-0.2, -0.15) is 0 Å². The van der Waals surface area contributed by atoms with Crippen LogP contribution in [-0.4, -0.2) is 34.7 Å². The molecule has 34 heavy (non-hydrogen) atoms. The van der Waals surface area contributed by atoms with Gasteiger partial charge in [0, 0.05) is 35.1 Å². The quantitative estimate of drug-likeness (QED) is 0.383. The van der Waals surface area contributed by atoms with Crippen LogP contribution >= 0.6 is 0 Å². The summed E-state index contributed by atoms with van der Waals surface area (Å²) < 4.78 is 0. The van der Waals surface area contributed by atoms with E-state index in [2.05, 4.69) is 15.2 Å². The van der Waals surface area contributed by atoms with Gasteiger partial charge in [-0.25, -0.2) is 0 Å². The van der Waals surface area contributed by atoms with Crippen LogP contribution in [0.4, 0.5) is 0 Å². The summed E-state index contributed by atoms with van der Waals surface area (Å²) in [6, 6.07) is 27.5. The first-order chi connectivity index (χ1) is 16.7. The van der Waals surface area contributed by atoms with Crippen LogP contribution in [0, 0.1) is 5.92 Å². The summed E-state index contributed by atoms with van der Waals surface area (Å²) in [5.41, 5.74) is 3.77. The minimum absolute atomic E-state index is 0.0282. The number of fused-ring (bicyclic) bond motifs is 1. The zero-order valence-electron chi connectivity index (χ0n) is 19.1. The van der Waals surface area contributed by atoms with Gasteiger partial charge in [0.2, 0.25) is 5.91 Å². The Morgan fingerprint density at radius 2 is 1.53 bits per heavy atom. The molecule has 2 N–H and O–H groups in total. The number of nitrogens with one attached hydrogen (secondary N) is 2. The lowest BCUT2D eigenvalue weighted by Gasteiger charge is -2.36. The summed E-state index contributed by atoms with van der Waals surface area (Å²) in [4.78, 5) is 32.1. The molecule has 1 saturated heterocycles. The zero-order valence-corrected chi connectivity index (χ0v) is 19.1. The molecule has 4 aromatic rings. The van der Waals surface area contributed by atoms with E-state index in [9.17, 15) is 9.59 Å². The SMILES string of the molecule is O=C(NCc1ccccc1)C1CCN(C(C(=O)c2c[nH]c3ccccc23)c2ccccc2)CC1. The summed E-state index contributed by atoms with van der Waals surface area (Å²) in [6.45, 7) is 1.96. The molecule has 3 aromatic carbocycles. The number of aromatic nitrogens is 1. The maximum atomic E-state index is 13.9. The Hall–Kier alpha value is -3.70. The maximum Gasteiger partial charge on any atom is 0.223 e. The van der Waals surface area contributed by atoms with E-state index in [-0.39, 0.29) is 23.7 Å². The van der Waals surface area contributed by atoms with E-state index < -0.39 is 0 Å². The fourth-order valence-electron chi connectivity index (χ4n) is 4.94. The first-order valence-corrected chi connectivity index (χ1v) is 11.9. The number of carbonyl (C=O) groups is 2. The number of aromatic amines is 1. The second kappa shape index (κ2) is 10.1. The van der Waals surface area contributed by atoms with Gasteiger partial charge < -0.3 is 10.3 Å². The lowest BCUT2D eigenvalue weighted by atomic mass is 9.90. The molecule has 5 rings (SSSR count). The summed E-state index contributed by atoms with van der Waals surface area (Å²) in [5.74, 6) is 0.165. The monoisotopic (exact) mass is 451 g/mol. The topological polar surface area (TPSA) is 65.2 Å². The minimum Gasteiger partial charge on any atom is -0.360 e. The van der Waals surface area contributed by atoms with Crippen LogP contribution < -0.4 is 5.32 Å². The fourth-order valence-corrected chi connectivity index (χ4v) is 4.94. The maximum absolute atomic E-state index is 13.9. The molecule has 2 heterocycles. The van der Waals surface area contributed by atoms with Crippen molar-refractivity contribution in [1.82, 2.24) is 15.2 Å². The third-order valence-corrected chi connectivity index (χ3v) is 6.79. The van der Waals surface area contributed by atoms with Crippen LogP contribution in [-0.2, 0) is 11.3 Å². The van der Waals surface area contributed by atoms with Crippen LogP contribution in [0.3, 0.4) is 0 Å². The molecule has 1 amide bonds. The van der Waals surface area contributed by atoms with E-state index in [4.69, 9.17) is 0 Å². The molecule has 0 aliphatic carbocycles. The van der Waals surface area contributed by atoms with Gasteiger partial charge in [-0.3, -0.25) is 14.5 Å². The van der Waals surface area contributed by atoms with Gasteiger partial charge in [0.05, 0.1) is 6.04 Å². The standard InChI is InChI=1S/C29H29N3O2/c33-28(25-20-30-26-14-8-7-13-24(25)26)27(22-11-5-2-6-12-22)32-17-15-23(16-18-32)29(34)31-19-21-9-3-1-4-10-21/h1-14,20,23,27,30H,15-19H2,(H,31,34). The Kier molecular flexibility index (Phi) is 6.54. The molecule has 0 bridgehead atoms. The highest BCUT2D eigenvalue weighted by Crippen LogP contribution is 2.32. The van der Waals surface area contributed by atoms with Gasteiger partial charge in [-0.1, -0.05) is 78.9 Å². The van der Waals surface area contributed by atoms with Crippen molar-refractivity contribution in [3.05, 3.63) is 108 Å². The Morgan fingerprint density at radius 3 is 2.26 bits per heavy atom. The number of ketones is 1. The fraction of sp³-hybridized carbons (Fsp3) is 0.241. The average Bonchev–Trinajstić information content (AvgIpc) is 3.33. The molecule has 5 nitrogen and oxygen atoms in total. The van der Waals surface area contributed by atoms with Gasteiger partial charge in [0.1, 0.15) is 0 Å². The number of nitrogens with zero attached hydrogens (tertiary/aromatic N) is 1. The number of benzene rings is 3. The largest absolute Gasteiger partial charge is 0.360 e. The number of para-hydroxylation sites is 1. The Balaban J connectivity index is 1.30. The lowest BCUT2D eigenvalue weighted by Crippen LogP contribution is -2.43. The number of carbonyl (C=O) groups excluding carboxylic acids is 2. The first kappa shape index (κ1) is 22.1. The van der Waals surface area contributed by atoms with Crippen molar-refractivity contribution < 1.29 is 9.59 Å². The molecule has 1 aromatic heterocycles. The number of Topliss-reactive ketones (excluding diaryl/α,β-unsaturated/α-hetero) is 1. The van der Waals surface area contributed by atoms with E-state index in [0.29, 0.717) is 25.2 Å². The summed E-state index contributed by atoms with van der Waals surface area (Å²) in [5, 5.41) is 4.03. The van der Waals surface area contributed by atoms with Crippen molar-refractivity contribution in [2.45, 2.75) is 25.4 Å². The normalized spacial score (nSPS) is 15.8. The molecule has 0 saturated carbocycles. The van der Waals surface area contributed by atoms with E-state index in [1.807, 2.05) is 91.1 Å². The Morgan fingerprint density at radius 1 is 0.882 bits per heavy atom. The highest BCUT2D eigenvalue weighted by atomic mass is 16.2. The Labute approximate surface area is 199 Å². The highest BCUT2D eigenvalue weighted by molar-refractivity contribution is 6.10. The number of amides is 1. The predicted octanol–water partition coefficient (Wildman–Crippen LogP) is 5.12. The minimum atomic E-state index is -0.367. The van der Waals surface area contributed by atoms with E-state index in [1.54, 1.807) is 0 Å². The Bertz CT molecular complexity index is 1260. The summed E-state index contributed by atoms with van der Waals surface area (Å²) >= 11 is 0. The van der Waals surface area contributed by atoms with Crippen LogP contribution in [0.15, 0.2) is 91.1 Å². The van der Waals surface area contributed by atoms with Gasteiger partial charge >= 0.3 is 0 Å². The molecule has 1 unspecified atom stereocenters. The van der Waals surface area contributed by atoms with Crippen LogP contribution in [0.2, 0.25) is 0 Å². The van der Waals surface area contributed by atoms with Crippen molar-refractivity contribution in [3.8, 4) is 0 Å². The van der Waals surface area contributed by atoms with E-state index >= 15 is 0 Å². The van der Waals surface area contributed by atoms with Crippen molar-refractivity contribution in [2.75, 3.05) is 13.1 Å². The summed E-state index contributed by atoms with van der Waals surface area (Å²) in [7, 11) is 0. The molecule has 1 aliphatic rings. The molecule has 5 heteroatoms. The molecular formula is C29H29N3O2. The molecule has 1 aliphatic heterocycles. The zero-order chi connectivity index (χ0) is 23.3.